The summed E-state index contributed by atoms with van der Waals surface area (Å²) in [6, 6.07) is 8.66. The number of hydrogen-bond donors (Lipinski definition) is 0. The van der Waals surface area contributed by atoms with Crippen molar-refractivity contribution in [1.82, 2.24) is 4.98 Å². The van der Waals surface area contributed by atoms with Gasteiger partial charge in [-0.1, -0.05) is 34.8 Å². The lowest BCUT2D eigenvalue weighted by molar-refractivity contribution is 1.30. The van der Waals surface area contributed by atoms with E-state index in [1.807, 2.05) is 6.07 Å². The fourth-order valence-electron chi connectivity index (χ4n) is 1.36. The van der Waals surface area contributed by atoms with Crippen LogP contribution in [-0.4, -0.2) is 4.98 Å². The van der Waals surface area contributed by atoms with E-state index in [9.17, 15) is 0 Å². The molecule has 0 aliphatic heterocycles. The maximum atomic E-state index is 8.75. The maximum Gasteiger partial charge on any atom is 0.102 e. The summed E-state index contributed by atoms with van der Waals surface area (Å²) in [5.74, 6) is 0. The third kappa shape index (κ3) is 2.53. The Morgan fingerprint density at radius 3 is 2.41 bits per heavy atom. The van der Waals surface area contributed by atoms with E-state index in [0.29, 0.717) is 26.3 Å². The molecule has 1 heterocycles. The van der Waals surface area contributed by atoms with Crippen LogP contribution in [0.4, 0.5) is 0 Å². The van der Waals surface area contributed by atoms with Crippen LogP contribution in [0.2, 0.25) is 15.1 Å². The molecule has 1 aromatic heterocycles. The molecule has 0 amide bonds. The largest absolute Gasteiger partial charge is 0.255 e. The highest BCUT2D eigenvalue weighted by Crippen LogP contribution is 2.30. The molecule has 0 atom stereocenters. The molecule has 2 nitrogen and oxygen atoms in total. The number of rotatable bonds is 1. The smallest absolute Gasteiger partial charge is 0.102 e. The van der Waals surface area contributed by atoms with Crippen molar-refractivity contribution in [1.29, 1.82) is 5.26 Å². The Morgan fingerprint density at radius 1 is 1.06 bits per heavy atom. The van der Waals surface area contributed by atoms with Crippen molar-refractivity contribution in [2.24, 2.45) is 0 Å². The van der Waals surface area contributed by atoms with Crippen LogP contribution in [0.5, 0.6) is 0 Å². The Bertz CT molecular complexity index is 618. The molecule has 0 bridgehead atoms. The second kappa shape index (κ2) is 4.93. The summed E-state index contributed by atoms with van der Waals surface area (Å²) in [5.41, 5.74) is 1.67. The highest BCUT2D eigenvalue weighted by atomic mass is 35.5. The molecule has 2 rings (SSSR count). The van der Waals surface area contributed by atoms with Crippen molar-refractivity contribution in [2.75, 3.05) is 0 Å². The SMILES string of the molecule is N#Cc1cnc(-c2ccc(Cl)cc2Cl)cc1Cl. The van der Waals surface area contributed by atoms with E-state index in [1.54, 1.807) is 24.3 Å². The summed E-state index contributed by atoms with van der Waals surface area (Å²) in [5, 5.41) is 10.1. The lowest BCUT2D eigenvalue weighted by atomic mass is 10.1. The minimum absolute atomic E-state index is 0.334. The van der Waals surface area contributed by atoms with Crippen LogP contribution in [0.25, 0.3) is 11.3 Å². The molecule has 2 aromatic rings. The molecule has 0 saturated carbocycles. The number of benzene rings is 1. The second-order valence-corrected chi connectivity index (χ2v) is 4.54. The van der Waals surface area contributed by atoms with Gasteiger partial charge in [0.1, 0.15) is 6.07 Å². The lowest BCUT2D eigenvalue weighted by Gasteiger charge is -2.05. The zero-order chi connectivity index (χ0) is 12.4. The van der Waals surface area contributed by atoms with E-state index in [4.69, 9.17) is 40.1 Å². The van der Waals surface area contributed by atoms with Crippen LogP contribution in [0.15, 0.2) is 30.5 Å². The normalized spacial score (nSPS) is 10.0. The van der Waals surface area contributed by atoms with Gasteiger partial charge in [-0.05, 0) is 24.3 Å². The van der Waals surface area contributed by atoms with Crippen LogP contribution in [0.1, 0.15) is 5.56 Å². The Morgan fingerprint density at radius 2 is 1.82 bits per heavy atom. The predicted molar refractivity (Wildman–Crippen MR) is 69.4 cm³/mol. The van der Waals surface area contributed by atoms with Crippen molar-refractivity contribution >= 4 is 34.8 Å². The first-order valence-corrected chi connectivity index (χ1v) is 5.76. The average molecular weight is 284 g/mol. The summed E-state index contributed by atoms with van der Waals surface area (Å²) < 4.78 is 0. The zero-order valence-electron chi connectivity index (χ0n) is 8.42. The van der Waals surface area contributed by atoms with Gasteiger partial charge in [0.15, 0.2) is 0 Å². The van der Waals surface area contributed by atoms with Gasteiger partial charge in [-0.15, -0.1) is 0 Å². The molecule has 0 spiro atoms. The molecule has 5 heteroatoms. The molecule has 0 N–H and O–H groups in total. The van der Waals surface area contributed by atoms with Gasteiger partial charge in [0.05, 0.1) is 21.3 Å². The molecule has 0 unspecified atom stereocenters. The number of aromatic nitrogens is 1. The molecular formula is C12H5Cl3N2. The van der Waals surface area contributed by atoms with E-state index in [1.165, 1.54) is 6.20 Å². The highest BCUT2D eigenvalue weighted by molar-refractivity contribution is 6.36. The summed E-state index contributed by atoms with van der Waals surface area (Å²) in [7, 11) is 0. The fraction of sp³-hybridized carbons (Fsp3) is 0. The number of halogens is 3. The van der Waals surface area contributed by atoms with Gasteiger partial charge in [0, 0.05) is 16.8 Å². The van der Waals surface area contributed by atoms with E-state index >= 15 is 0 Å². The molecule has 0 saturated heterocycles. The van der Waals surface area contributed by atoms with E-state index < -0.39 is 0 Å². The first kappa shape index (κ1) is 12.2. The van der Waals surface area contributed by atoms with Crippen LogP contribution in [0.3, 0.4) is 0 Å². The predicted octanol–water partition coefficient (Wildman–Crippen LogP) is 4.58. The summed E-state index contributed by atoms with van der Waals surface area (Å²) in [6.45, 7) is 0. The molecule has 0 radical (unpaired) electrons. The first-order chi connectivity index (χ1) is 8.11. The Hall–Kier alpha value is -1.27. The average Bonchev–Trinajstić information content (AvgIpc) is 2.29. The summed E-state index contributed by atoms with van der Waals surface area (Å²) >= 11 is 17.8. The minimum Gasteiger partial charge on any atom is -0.255 e. The van der Waals surface area contributed by atoms with Gasteiger partial charge in [0.25, 0.3) is 0 Å². The molecule has 1 aromatic carbocycles. The molecule has 84 valence electrons. The second-order valence-electron chi connectivity index (χ2n) is 3.29. The zero-order valence-corrected chi connectivity index (χ0v) is 10.7. The standard InChI is InChI=1S/C12H5Cl3N2/c13-8-1-2-9(11(15)3-8)12-4-10(14)7(5-16)6-17-12/h1-4,6H. The van der Waals surface area contributed by atoms with Gasteiger partial charge in [-0.25, -0.2) is 0 Å². The number of nitriles is 1. The van der Waals surface area contributed by atoms with Crippen LogP contribution < -0.4 is 0 Å². The van der Waals surface area contributed by atoms with Crippen LogP contribution in [0, 0.1) is 11.3 Å². The van der Waals surface area contributed by atoms with E-state index in [2.05, 4.69) is 4.98 Å². The Balaban J connectivity index is 2.54. The molecule has 0 aliphatic rings. The van der Waals surface area contributed by atoms with Gasteiger partial charge in [-0.3, -0.25) is 4.98 Å². The van der Waals surface area contributed by atoms with Gasteiger partial charge in [-0.2, -0.15) is 5.26 Å². The van der Waals surface area contributed by atoms with Crippen molar-refractivity contribution in [3.05, 3.63) is 51.1 Å². The molecular weight excluding hydrogens is 279 g/mol. The maximum absolute atomic E-state index is 8.75. The lowest BCUT2D eigenvalue weighted by Crippen LogP contribution is -1.87. The minimum atomic E-state index is 0.334. The van der Waals surface area contributed by atoms with Crippen LogP contribution in [-0.2, 0) is 0 Å². The van der Waals surface area contributed by atoms with E-state index in [0.717, 1.165) is 5.56 Å². The number of hydrogen-bond acceptors (Lipinski definition) is 2. The van der Waals surface area contributed by atoms with Crippen LogP contribution >= 0.6 is 34.8 Å². The van der Waals surface area contributed by atoms with Gasteiger partial charge >= 0.3 is 0 Å². The monoisotopic (exact) mass is 282 g/mol. The van der Waals surface area contributed by atoms with Gasteiger partial charge in [0.2, 0.25) is 0 Å². The van der Waals surface area contributed by atoms with Crippen molar-refractivity contribution in [3.63, 3.8) is 0 Å². The topological polar surface area (TPSA) is 36.7 Å². The molecule has 0 fully saturated rings. The third-order valence-electron chi connectivity index (χ3n) is 2.18. The van der Waals surface area contributed by atoms with Gasteiger partial charge < -0.3 is 0 Å². The third-order valence-corrected chi connectivity index (χ3v) is 3.04. The Kier molecular flexibility index (Phi) is 3.54. The summed E-state index contributed by atoms with van der Waals surface area (Å²) in [6.07, 6.45) is 1.42. The van der Waals surface area contributed by atoms with E-state index in [-0.39, 0.29) is 0 Å². The Labute approximate surface area is 113 Å². The highest BCUT2D eigenvalue weighted by Gasteiger charge is 2.08. The summed E-state index contributed by atoms with van der Waals surface area (Å²) in [4.78, 5) is 4.14. The first-order valence-electron chi connectivity index (χ1n) is 4.63. The molecule has 17 heavy (non-hydrogen) atoms. The fourth-order valence-corrected chi connectivity index (χ4v) is 2.06. The van der Waals surface area contributed by atoms with Crippen molar-refractivity contribution in [3.8, 4) is 17.3 Å². The quantitative estimate of drug-likeness (QED) is 0.768. The van der Waals surface area contributed by atoms with Crippen molar-refractivity contribution in [2.45, 2.75) is 0 Å². The van der Waals surface area contributed by atoms with Crippen molar-refractivity contribution < 1.29 is 0 Å². The molecule has 0 aliphatic carbocycles. The number of nitrogens with zero attached hydrogens (tertiary/aromatic N) is 2. The number of pyridine rings is 1.